The van der Waals surface area contributed by atoms with Crippen molar-refractivity contribution in [2.45, 2.75) is 25.7 Å². The van der Waals surface area contributed by atoms with Crippen LogP contribution in [-0.4, -0.2) is 5.78 Å². The number of benzene rings is 1. The zero-order chi connectivity index (χ0) is 11.7. The molecule has 2 rings (SSSR count). The van der Waals surface area contributed by atoms with E-state index in [0.29, 0.717) is 9.50 Å². The number of Topliss-reactive ketones (excluding diaryl/α,β-unsaturated/α-hetero) is 1. The van der Waals surface area contributed by atoms with Crippen molar-refractivity contribution in [2.75, 3.05) is 0 Å². The lowest BCUT2D eigenvalue weighted by Crippen LogP contribution is -2.12. The van der Waals surface area contributed by atoms with Gasteiger partial charge in [-0.3, -0.25) is 4.79 Å². The van der Waals surface area contributed by atoms with Crippen molar-refractivity contribution < 1.29 is 9.18 Å². The zero-order valence-corrected chi connectivity index (χ0v) is 10.9. The summed E-state index contributed by atoms with van der Waals surface area (Å²) in [6.07, 6.45) is 3.85. The molecule has 0 saturated heterocycles. The van der Waals surface area contributed by atoms with E-state index in [1.807, 2.05) is 0 Å². The van der Waals surface area contributed by atoms with Gasteiger partial charge in [0.25, 0.3) is 0 Å². The molecule has 1 nitrogen and oxygen atoms in total. The lowest BCUT2D eigenvalue weighted by molar-refractivity contribution is 0.0918. The number of hydrogen-bond donors (Lipinski definition) is 0. The molecule has 0 aromatic heterocycles. The van der Waals surface area contributed by atoms with E-state index in [9.17, 15) is 9.18 Å². The summed E-state index contributed by atoms with van der Waals surface area (Å²) in [5, 5.41) is 0.378. The maximum absolute atomic E-state index is 13.6. The van der Waals surface area contributed by atoms with Gasteiger partial charge in [0.15, 0.2) is 5.78 Å². The minimum absolute atomic E-state index is 0.0215. The first-order valence-electron chi connectivity index (χ1n) is 5.28. The third-order valence-electron chi connectivity index (χ3n) is 3.00. The molecule has 0 amide bonds. The van der Waals surface area contributed by atoms with Crippen LogP contribution in [0, 0.1) is 11.7 Å². The summed E-state index contributed by atoms with van der Waals surface area (Å²) in [6.45, 7) is 0. The van der Waals surface area contributed by atoms with Crippen molar-refractivity contribution in [3.63, 3.8) is 0 Å². The monoisotopic (exact) mass is 304 g/mol. The van der Waals surface area contributed by atoms with Gasteiger partial charge in [0.2, 0.25) is 0 Å². The Morgan fingerprint density at radius 2 is 2.00 bits per heavy atom. The Hall–Kier alpha value is -0.410. The molecular formula is C12H11BrClFO. The Labute approximate surface area is 107 Å². The van der Waals surface area contributed by atoms with E-state index < -0.39 is 5.82 Å². The highest BCUT2D eigenvalue weighted by molar-refractivity contribution is 9.10. The number of rotatable bonds is 2. The fourth-order valence-electron chi connectivity index (χ4n) is 2.12. The van der Waals surface area contributed by atoms with Gasteiger partial charge >= 0.3 is 0 Å². The van der Waals surface area contributed by atoms with Crippen molar-refractivity contribution in [3.05, 3.63) is 33.0 Å². The van der Waals surface area contributed by atoms with Crippen LogP contribution in [0.1, 0.15) is 36.0 Å². The molecule has 0 spiro atoms. The third kappa shape index (κ3) is 2.30. The predicted octanol–water partition coefficient (Wildman–Crippen LogP) is 4.61. The van der Waals surface area contributed by atoms with Crippen LogP contribution in [0.4, 0.5) is 4.39 Å². The third-order valence-corrected chi connectivity index (χ3v) is 4.20. The molecule has 0 bridgehead atoms. The molecule has 1 saturated carbocycles. The van der Waals surface area contributed by atoms with Crippen molar-refractivity contribution in [1.29, 1.82) is 0 Å². The number of hydrogen-bond acceptors (Lipinski definition) is 1. The predicted molar refractivity (Wildman–Crippen MR) is 65.4 cm³/mol. The molecular weight excluding hydrogens is 294 g/mol. The van der Waals surface area contributed by atoms with Crippen LogP contribution >= 0.6 is 27.5 Å². The summed E-state index contributed by atoms with van der Waals surface area (Å²) in [4.78, 5) is 12.0. The molecule has 1 aliphatic rings. The van der Waals surface area contributed by atoms with Gasteiger partial charge in [-0.05, 0) is 40.9 Å². The molecule has 4 heteroatoms. The highest BCUT2D eigenvalue weighted by Crippen LogP contribution is 2.31. The van der Waals surface area contributed by atoms with Gasteiger partial charge < -0.3 is 0 Å². The summed E-state index contributed by atoms with van der Waals surface area (Å²) in [5.74, 6) is -0.621. The van der Waals surface area contributed by atoms with Gasteiger partial charge in [0, 0.05) is 10.4 Å². The SMILES string of the molecule is O=C(c1cc(Cl)c(Br)cc1F)C1CCCC1. The normalized spacial score (nSPS) is 16.7. The molecule has 86 valence electrons. The Bertz CT molecular complexity index is 427. The Balaban J connectivity index is 2.32. The van der Waals surface area contributed by atoms with Crippen molar-refractivity contribution >= 4 is 33.3 Å². The Morgan fingerprint density at radius 3 is 2.62 bits per heavy atom. The molecule has 0 radical (unpaired) electrons. The highest BCUT2D eigenvalue weighted by atomic mass is 79.9. The van der Waals surface area contributed by atoms with Crippen LogP contribution in [0.15, 0.2) is 16.6 Å². The van der Waals surface area contributed by atoms with E-state index in [-0.39, 0.29) is 17.3 Å². The lowest BCUT2D eigenvalue weighted by Gasteiger charge is -2.09. The van der Waals surface area contributed by atoms with Crippen LogP contribution < -0.4 is 0 Å². The average Bonchev–Trinajstić information content (AvgIpc) is 2.75. The number of ketones is 1. The molecule has 0 aliphatic heterocycles. The van der Waals surface area contributed by atoms with E-state index in [0.717, 1.165) is 25.7 Å². The maximum Gasteiger partial charge on any atom is 0.168 e. The lowest BCUT2D eigenvalue weighted by atomic mass is 9.96. The van der Waals surface area contributed by atoms with Crippen LogP contribution in [0.5, 0.6) is 0 Å². The highest BCUT2D eigenvalue weighted by Gasteiger charge is 2.26. The maximum atomic E-state index is 13.6. The molecule has 16 heavy (non-hydrogen) atoms. The molecule has 1 aliphatic carbocycles. The van der Waals surface area contributed by atoms with Gasteiger partial charge in [-0.25, -0.2) is 4.39 Å². The molecule has 0 unspecified atom stereocenters. The van der Waals surface area contributed by atoms with Crippen molar-refractivity contribution in [2.24, 2.45) is 5.92 Å². The van der Waals surface area contributed by atoms with Gasteiger partial charge in [0.05, 0.1) is 10.6 Å². The van der Waals surface area contributed by atoms with E-state index in [1.54, 1.807) is 0 Å². The minimum atomic E-state index is -0.492. The smallest absolute Gasteiger partial charge is 0.168 e. The van der Waals surface area contributed by atoms with Gasteiger partial charge in [-0.15, -0.1) is 0 Å². The summed E-state index contributed by atoms with van der Waals surface area (Å²) in [6, 6.07) is 2.67. The second-order valence-corrected chi connectivity index (χ2v) is 5.35. The number of carbonyl (C=O) groups excluding carboxylic acids is 1. The topological polar surface area (TPSA) is 17.1 Å². The second-order valence-electron chi connectivity index (χ2n) is 4.09. The van der Waals surface area contributed by atoms with E-state index >= 15 is 0 Å². The fourth-order valence-corrected chi connectivity index (χ4v) is 2.60. The molecule has 1 aromatic carbocycles. The van der Waals surface area contributed by atoms with Gasteiger partial charge in [0.1, 0.15) is 5.82 Å². The first-order valence-corrected chi connectivity index (χ1v) is 6.45. The van der Waals surface area contributed by atoms with Crippen LogP contribution in [0.25, 0.3) is 0 Å². The van der Waals surface area contributed by atoms with Crippen LogP contribution in [0.2, 0.25) is 5.02 Å². The fraction of sp³-hybridized carbons (Fsp3) is 0.417. The molecule has 0 heterocycles. The first-order chi connectivity index (χ1) is 7.59. The summed E-state index contributed by atoms with van der Waals surface area (Å²) in [5.41, 5.74) is 0.125. The van der Waals surface area contributed by atoms with Gasteiger partial charge in [-0.2, -0.15) is 0 Å². The van der Waals surface area contributed by atoms with E-state index in [2.05, 4.69) is 15.9 Å². The molecule has 0 atom stereocenters. The molecule has 1 aromatic rings. The number of carbonyl (C=O) groups is 1. The second kappa shape index (κ2) is 4.84. The average molecular weight is 306 g/mol. The Kier molecular flexibility index (Phi) is 3.65. The van der Waals surface area contributed by atoms with Crippen molar-refractivity contribution in [1.82, 2.24) is 0 Å². The summed E-state index contributed by atoms with van der Waals surface area (Å²) in [7, 11) is 0. The standard InChI is InChI=1S/C12H11BrClFO/c13-9-6-11(15)8(5-10(9)14)12(16)7-3-1-2-4-7/h5-7H,1-4H2. The quantitative estimate of drug-likeness (QED) is 0.576. The first kappa shape index (κ1) is 12.1. The van der Waals surface area contributed by atoms with Crippen molar-refractivity contribution in [3.8, 4) is 0 Å². The largest absolute Gasteiger partial charge is 0.294 e. The minimum Gasteiger partial charge on any atom is -0.294 e. The molecule has 1 fully saturated rings. The summed E-state index contributed by atoms with van der Waals surface area (Å²) < 4.78 is 14.1. The van der Waals surface area contributed by atoms with Crippen LogP contribution in [0.3, 0.4) is 0 Å². The zero-order valence-electron chi connectivity index (χ0n) is 8.60. The van der Waals surface area contributed by atoms with E-state index in [1.165, 1.54) is 12.1 Å². The number of halogens is 3. The molecule has 0 N–H and O–H groups in total. The summed E-state index contributed by atoms with van der Waals surface area (Å²) >= 11 is 9.00. The van der Waals surface area contributed by atoms with Crippen LogP contribution in [-0.2, 0) is 0 Å². The van der Waals surface area contributed by atoms with Gasteiger partial charge in [-0.1, -0.05) is 24.4 Å². The Morgan fingerprint density at radius 1 is 1.38 bits per heavy atom. The van der Waals surface area contributed by atoms with E-state index in [4.69, 9.17) is 11.6 Å².